The average Bonchev–Trinajstić information content (AvgIpc) is 2.20. The third-order valence-corrected chi connectivity index (χ3v) is 2.40. The number of ether oxygens (including phenoxy) is 1. The third-order valence-electron chi connectivity index (χ3n) is 2.40. The van der Waals surface area contributed by atoms with Gasteiger partial charge in [0.1, 0.15) is 6.04 Å². The second-order valence-electron chi connectivity index (χ2n) is 3.39. The molecular weight excluding hydrogens is 178 g/mol. The van der Waals surface area contributed by atoms with Gasteiger partial charge in [0.25, 0.3) is 0 Å². The molecule has 1 atom stereocenters. The minimum Gasteiger partial charge on any atom is -0.465 e. The first-order valence-corrected chi connectivity index (χ1v) is 5.62. The molecule has 0 aromatic heterocycles. The summed E-state index contributed by atoms with van der Waals surface area (Å²) >= 11 is 0. The molecule has 0 aromatic rings. The highest BCUT2D eigenvalue weighted by atomic mass is 16.5. The summed E-state index contributed by atoms with van der Waals surface area (Å²) in [7, 11) is 0. The van der Waals surface area contributed by atoms with E-state index < -0.39 is 0 Å². The average molecular weight is 201 g/mol. The third kappa shape index (κ3) is 4.61. The van der Waals surface area contributed by atoms with Crippen LogP contribution in [0.2, 0.25) is 0 Å². The summed E-state index contributed by atoms with van der Waals surface area (Å²) in [5, 5.41) is 3.31. The first-order valence-electron chi connectivity index (χ1n) is 5.62. The van der Waals surface area contributed by atoms with Gasteiger partial charge in [-0.05, 0) is 26.2 Å². The molecule has 0 aliphatic rings. The van der Waals surface area contributed by atoms with E-state index in [0.29, 0.717) is 12.6 Å². The standard InChI is InChI=1S/C11H23NO2/c1-5-9(6-2)12-10(7-3)11(13)14-8-4/h9-10,12H,5-8H2,1-4H3. The summed E-state index contributed by atoms with van der Waals surface area (Å²) in [6, 6.07) is 0.282. The van der Waals surface area contributed by atoms with Gasteiger partial charge in [-0.3, -0.25) is 4.79 Å². The first-order chi connectivity index (χ1) is 6.69. The molecule has 84 valence electrons. The largest absolute Gasteiger partial charge is 0.465 e. The van der Waals surface area contributed by atoms with E-state index in [0.717, 1.165) is 19.3 Å². The molecule has 0 heterocycles. The molecule has 0 rings (SSSR count). The molecule has 0 bridgehead atoms. The minimum atomic E-state index is -0.139. The van der Waals surface area contributed by atoms with E-state index in [1.165, 1.54) is 0 Å². The van der Waals surface area contributed by atoms with Crippen LogP contribution >= 0.6 is 0 Å². The number of carbonyl (C=O) groups excluding carboxylic acids is 1. The zero-order valence-corrected chi connectivity index (χ0v) is 9.80. The van der Waals surface area contributed by atoms with E-state index >= 15 is 0 Å². The zero-order chi connectivity index (χ0) is 11.0. The Morgan fingerprint density at radius 3 is 2.07 bits per heavy atom. The lowest BCUT2D eigenvalue weighted by Crippen LogP contribution is -2.43. The zero-order valence-electron chi connectivity index (χ0n) is 9.80. The van der Waals surface area contributed by atoms with Gasteiger partial charge in [-0.25, -0.2) is 0 Å². The van der Waals surface area contributed by atoms with Gasteiger partial charge in [0.2, 0.25) is 0 Å². The Hall–Kier alpha value is -0.570. The number of rotatable bonds is 7. The van der Waals surface area contributed by atoms with Crippen molar-refractivity contribution in [2.45, 2.75) is 59.0 Å². The Morgan fingerprint density at radius 1 is 1.14 bits per heavy atom. The van der Waals surface area contributed by atoms with Crippen LogP contribution in [0, 0.1) is 0 Å². The van der Waals surface area contributed by atoms with Crippen LogP contribution in [-0.4, -0.2) is 24.7 Å². The lowest BCUT2D eigenvalue weighted by Gasteiger charge is -2.21. The fourth-order valence-electron chi connectivity index (χ4n) is 1.40. The van der Waals surface area contributed by atoms with Gasteiger partial charge in [0.15, 0.2) is 0 Å². The maximum Gasteiger partial charge on any atom is 0.323 e. The molecule has 0 fully saturated rings. The second-order valence-corrected chi connectivity index (χ2v) is 3.39. The predicted molar refractivity (Wildman–Crippen MR) is 58.2 cm³/mol. The molecule has 3 heteroatoms. The molecule has 0 aliphatic carbocycles. The summed E-state index contributed by atoms with van der Waals surface area (Å²) in [6.45, 7) is 8.54. The molecule has 0 aromatic carbocycles. The molecule has 0 saturated carbocycles. The summed E-state index contributed by atoms with van der Waals surface area (Å²) < 4.78 is 4.98. The SMILES string of the molecule is CCOC(=O)C(CC)NC(CC)CC. The summed E-state index contributed by atoms with van der Waals surface area (Å²) in [5.74, 6) is -0.123. The monoisotopic (exact) mass is 201 g/mol. The van der Waals surface area contributed by atoms with Gasteiger partial charge in [0, 0.05) is 6.04 Å². The molecule has 1 unspecified atom stereocenters. The van der Waals surface area contributed by atoms with Crippen molar-refractivity contribution in [1.82, 2.24) is 5.32 Å². The van der Waals surface area contributed by atoms with E-state index in [9.17, 15) is 4.79 Å². The maximum absolute atomic E-state index is 11.5. The Labute approximate surface area is 87.2 Å². The van der Waals surface area contributed by atoms with Gasteiger partial charge in [-0.1, -0.05) is 20.8 Å². The molecule has 0 radical (unpaired) electrons. The van der Waals surface area contributed by atoms with Gasteiger partial charge < -0.3 is 10.1 Å². The van der Waals surface area contributed by atoms with Gasteiger partial charge in [-0.15, -0.1) is 0 Å². The van der Waals surface area contributed by atoms with Gasteiger partial charge in [-0.2, -0.15) is 0 Å². The van der Waals surface area contributed by atoms with E-state index in [4.69, 9.17) is 4.74 Å². The van der Waals surface area contributed by atoms with E-state index in [-0.39, 0.29) is 12.0 Å². The van der Waals surface area contributed by atoms with Crippen molar-refractivity contribution in [3.63, 3.8) is 0 Å². The Bertz CT molecular complexity index is 155. The van der Waals surface area contributed by atoms with Gasteiger partial charge >= 0.3 is 5.97 Å². The first kappa shape index (κ1) is 13.4. The molecule has 0 amide bonds. The van der Waals surface area contributed by atoms with Crippen LogP contribution in [0.25, 0.3) is 0 Å². The van der Waals surface area contributed by atoms with Crippen LogP contribution in [0.3, 0.4) is 0 Å². The van der Waals surface area contributed by atoms with Crippen molar-refractivity contribution in [2.75, 3.05) is 6.61 Å². The number of hydrogen-bond donors (Lipinski definition) is 1. The molecule has 1 N–H and O–H groups in total. The van der Waals surface area contributed by atoms with Crippen LogP contribution < -0.4 is 5.32 Å². The maximum atomic E-state index is 11.5. The Morgan fingerprint density at radius 2 is 1.71 bits per heavy atom. The van der Waals surface area contributed by atoms with Crippen LogP contribution in [0.15, 0.2) is 0 Å². The minimum absolute atomic E-state index is 0.123. The summed E-state index contributed by atoms with van der Waals surface area (Å²) in [6.07, 6.45) is 2.88. The van der Waals surface area contributed by atoms with Crippen LogP contribution in [0.4, 0.5) is 0 Å². The number of esters is 1. The van der Waals surface area contributed by atoms with E-state index in [1.54, 1.807) is 0 Å². The van der Waals surface area contributed by atoms with Gasteiger partial charge in [0.05, 0.1) is 6.61 Å². The predicted octanol–water partition coefficient (Wildman–Crippen LogP) is 2.11. The molecule has 0 aliphatic heterocycles. The van der Waals surface area contributed by atoms with Crippen molar-refractivity contribution in [1.29, 1.82) is 0 Å². The van der Waals surface area contributed by atoms with Crippen LogP contribution in [0.1, 0.15) is 47.0 Å². The quantitative estimate of drug-likeness (QED) is 0.641. The van der Waals surface area contributed by atoms with Crippen molar-refractivity contribution in [3.8, 4) is 0 Å². The van der Waals surface area contributed by atoms with Crippen LogP contribution in [-0.2, 0) is 9.53 Å². The lowest BCUT2D eigenvalue weighted by atomic mass is 10.1. The Balaban J connectivity index is 4.05. The highest BCUT2D eigenvalue weighted by Gasteiger charge is 2.19. The topological polar surface area (TPSA) is 38.3 Å². The number of carbonyl (C=O) groups is 1. The van der Waals surface area contributed by atoms with Crippen molar-refractivity contribution in [2.24, 2.45) is 0 Å². The molecule has 0 saturated heterocycles. The summed E-state index contributed by atoms with van der Waals surface area (Å²) in [5.41, 5.74) is 0. The smallest absolute Gasteiger partial charge is 0.323 e. The van der Waals surface area contributed by atoms with E-state index in [2.05, 4.69) is 19.2 Å². The van der Waals surface area contributed by atoms with Crippen molar-refractivity contribution < 1.29 is 9.53 Å². The summed E-state index contributed by atoms with van der Waals surface area (Å²) in [4.78, 5) is 11.5. The van der Waals surface area contributed by atoms with E-state index in [1.807, 2.05) is 13.8 Å². The molecule has 3 nitrogen and oxygen atoms in total. The normalized spacial score (nSPS) is 12.9. The molecule has 14 heavy (non-hydrogen) atoms. The van der Waals surface area contributed by atoms with Crippen LogP contribution in [0.5, 0.6) is 0 Å². The highest BCUT2D eigenvalue weighted by Crippen LogP contribution is 2.02. The molecular formula is C11H23NO2. The fourth-order valence-corrected chi connectivity index (χ4v) is 1.40. The Kier molecular flexibility index (Phi) is 7.48. The van der Waals surface area contributed by atoms with Crippen molar-refractivity contribution in [3.05, 3.63) is 0 Å². The number of hydrogen-bond acceptors (Lipinski definition) is 3. The second kappa shape index (κ2) is 7.80. The highest BCUT2D eigenvalue weighted by molar-refractivity contribution is 5.75. The lowest BCUT2D eigenvalue weighted by molar-refractivity contribution is -0.146. The molecule has 0 spiro atoms. The van der Waals surface area contributed by atoms with Crippen molar-refractivity contribution >= 4 is 5.97 Å². The number of nitrogens with one attached hydrogen (secondary N) is 1. The fraction of sp³-hybridized carbons (Fsp3) is 0.909.